The lowest BCUT2D eigenvalue weighted by Gasteiger charge is -2.20. The van der Waals surface area contributed by atoms with E-state index in [0.29, 0.717) is 6.42 Å². The van der Waals surface area contributed by atoms with Crippen molar-refractivity contribution in [1.29, 1.82) is 0 Å². The smallest absolute Gasteiger partial charge is 0.328 e. The van der Waals surface area contributed by atoms with Crippen molar-refractivity contribution in [2.24, 2.45) is 16.5 Å². The molecule has 7 N–H and O–H groups in total. The number of nitrogens with zero attached hydrogens (tertiary/aromatic N) is 1. The van der Waals surface area contributed by atoms with Crippen LogP contribution in [0, 0.1) is 0 Å². The Labute approximate surface area is 145 Å². The number of esters is 1. The molecule has 0 fully saturated rings. The zero-order valence-corrected chi connectivity index (χ0v) is 14.3. The molecule has 25 heavy (non-hydrogen) atoms. The minimum Gasteiger partial charge on any atom is -0.481 e. The molecule has 0 heterocycles. The maximum absolute atomic E-state index is 12.2. The maximum Gasteiger partial charge on any atom is 0.328 e. The molecule has 0 unspecified atom stereocenters. The Morgan fingerprint density at radius 2 is 1.80 bits per heavy atom. The van der Waals surface area contributed by atoms with Gasteiger partial charge in [-0.2, -0.15) is 0 Å². The van der Waals surface area contributed by atoms with Crippen LogP contribution >= 0.6 is 0 Å². The van der Waals surface area contributed by atoms with Gasteiger partial charge in [-0.15, -0.1) is 0 Å². The number of carbonyl (C=O) groups excluding carboxylic acids is 3. The molecule has 0 saturated heterocycles. The summed E-state index contributed by atoms with van der Waals surface area (Å²) in [6.07, 6.45) is -0.0244. The SMILES string of the molecule is COC(=O)[C@H](C)NC(=O)[C@H](CCCN=C(N)N)NC(=O)CCC(=O)O. The second kappa shape index (κ2) is 11.6. The number of hydrogen-bond donors (Lipinski definition) is 5. The van der Waals surface area contributed by atoms with Crippen LogP contribution in [0.1, 0.15) is 32.6 Å². The summed E-state index contributed by atoms with van der Waals surface area (Å²) in [5.41, 5.74) is 10.4. The highest BCUT2D eigenvalue weighted by molar-refractivity contribution is 5.91. The van der Waals surface area contributed by atoms with Crippen LogP contribution in [-0.4, -0.2) is 60.6 Å². The Morgan fingerprint density at radius 1 is 1.16 bits per heavy atom. The van der Waals surface area contributed by atoms with E-state index in [4.69, 9.17) is 16.6 Å². The molecular formula is C14H25N5O6. The molecule has 0 bridgehead atoms. The minimum absolute atomic E-state index is 0.0918. The number of nitrogens with two attached hydrogens (primary N) is 2. The van der Waals surface area contributed by atoms with Crippen LogP contribution in [-0.2, 0) is 23.9 Å². The number of hydrogen-bond acceptors (Lipinski definition) is 6. The van der Waals surface area contributed by atoms with Gasteiger partial charge >= 0.3 is 11.9 Å². The summed E-state index contributed by atoms with van der Waals surface area (Å²) >= 11 is 0. The van der Waals surface area contributed by atoms with Gasteiger partial charge < -0.3 is 31.9 Å². The molecule has 2 amide bonds. The number of aliphatic imine (C=N–C) groups is 1. The second-order valence-corrected chi connectivity index (χ2v) is 5.22. The number of carboxylic acids is 1. The molecule has 0 aromatic heterocycles. The summed E-state index contributed by atoms with van der Waals surface area (Å²) in [4.78, 5) is 49.7. The zero-order chi connectivity index (χ0) is 19.4. The van der Waals surface area contributed by atoms with Gasteiger partial charge in [-0.3, -0.25) is 19.4 Å². The number of aliphatic carboxylic acids is 1. The fourth-order valence-electron chi connectivity index (χ4n) is 1.81. The molecule has 0 aliphatic heterocycles. The average Bonchev–Trinajstić information content (AvgIpc) is 2.54. The van der Waals surface area contributed by atoms with Gasteiger partial charge in [0.15, 0.2) is 5.96 Å². The topological polar surface area (TPSA) is 186 Å². The molecule has 0 aromatic rings. The van der Waals surface area contributed by atoms with Gasteiger partial charge in [-0.25, -0.2) is 4.79 Å². The molecule has 142 valence electrons. The Kier molecular flexibility index (Phi) is 10.3. The van der Waals surface area contributed by atoms with Crippen LogP contribution in [0.15, 0.2) is 4.99 Å². The van der Waals surface area contributed by atoms with E-state index in [0.717, 1.165) is 0 Å². The van der Waals surface area contributed by atoms with Crippen molar-refractivity contribution in [3.05, 3.63) is 0 Å². The molecule has 0 radical (unpaired) electrons. The molecule has 11 heteroatoms. The molecule has 0 aliphatic rings. The third kappa shape index (κ3) is 10.5. The lowest BCUT2D eigenvalue weighted by Crippen LogP contribution is -2.51. The molecule has 0 saturated carbocycles. The number of guanidine groups is 1. The van der Waals surface area contributed by atoms with Crippen molar-refractivity contribution in [1.82, 2.24) is 10.6 Å². The van der Waals surface area contributed by atoms with E-state index < -0.39 is 35.8 Å². The molecule has 2 atom stereocenters. The third-order valence-corrected chi connectivity index (χ3v) is 3.08. The quantitative estimate of drug-likeness (QED) is 0.122. The first-order valence-electron chi connectivity index (χ1n) is 7.62. The number of amides is 2. The minimum atomic E-state index is -1.12. The Balaban J connectivity index is 4.77. The fourth-order valence-corrected chi connectivity index (χ4v) is 1.81. The zero-order valence-electron chi connectivity index (χ0n) is 14.3. The summed E-state index contributed by atoms with van der Waals surface area (Å²) in [6, 6.07) is -1.85. The highest BCUT2D eigenvalue weighted by Crippen LogP contribution is 2.02. The van der Waals surface area contributed by atoms with Crippen molar-refractivity contribution in [2.45, 2.75) is 44.7 Å². The van der Waals surface area contributed by atoms with Crippen LogP contribution < -0.4 is 22.1 Å². The standard InChI is InChI=1S/C14H25N5O6/c1-8(13(24)25-2)18-12(23)9(4-3-7-17-14(15)16)19-10(20)5-6-11(21)22/h8-9H,3-7H2,1-2H3,(H,18,23)(H,19,20)(H,21,22)(H4,15,16,17)/t8-,9-/m0/s1. The Hall–Kier alpha value is -2.85. The van der Waals surface area contributed by atoms with E-state index in [9.17, 15) is 19.2 Å². The average molecular weight is 359 g/mol. The number of methoxy groups -OCH3 is 1. The summed E-state index contributed by atoms with van der Waals surface area (Å²) in [5.74, 6) is -3.03. The molecule has 0 spiro atoms. The van der Waals surface area contributed by atoms with Crippen molar-refractivity contribution < 1.29 is 29.0 Å². The number of rotatable bonds is 11. The fraction of sp³-hybridized carbons (Fsp3) is 0.643. The van der Waals surface area contributed by atoms with Crippen LogP contribution in [0.3, 0.4) is 0 Å². The highest BCUT2D eigenvalue weighted by atomic mass is 16.5. The van der Waals surface area contributed by atoms with Crippen molar-refractivity contribution in [3.63, 3.8) is 0 Å². The van der Waals surface area contributed by atoms with Gasteiger partial charge in [-0.1, -0.05) is 0 Å². The Morgan fingerprint density at radius 3 is 2.32 bits per heavy atom. The Bertz CT molecular complexity index is 518. The summed E-state index contributed by atoms with van der Waals surface area (Å²) in [7, 11) is 1.19. The molecule has 0 aromatic carbocycles. The number of ether oxygens (including phenoxy) is 1. The van der Waals surface area contributed by atoms with Crippen molar-refractivity contribution in [2.75, 3.05) is 13.7 Å². The van der Waals surface area contributed by atoms with Crippen LogP contribution in [0.25, 0.3) is 0 Å². The lowest BCUT2D eigenvalue weighted by atomic mass is 10.1. The van der Waals surface area contributed by atoms with E-state index in [1.54, 1.807) is 0 Å². The van der Waals surface area contributed by atoms with E-state index in [1.165, 1.54) is 14.0 Å². The van der Waals surface area contributed by atoms with Crippen molar-refractivity contribution >= 4 is 29.7 Å². The van der Waals surface area contributed by atoms with Gasteiger partial charge in [0.05, 0.1) is 13.5 Å². The monoisotopic (exact) mass is 359 g/mol. The molecule has 11 nitrogen and oxygen atoms in total. The van der Waals surface area contributed by atoms with Gasteiger partial charge in [0.1, 0.15) is 12.1 Å². The first kappa shape index (κ1) is 22.1. The lowest BCUT2D eigenvalue weighted by molar-refractivity contribution is -0.145. The summed E-state index contributed by atoms with van der Waals surface area (Å²) < 4.78 is 4.51. The molecular weight excluding hydrogens is 334 g/mol. The summed E-state index contributed by atoms with van der Waals surface area (Å²) in [5, 5.41) is 13.5. The number of carbonyl (C=O) groups is 4. The van der Waals surface area contributed by atoms with Crippen molar-refractivity contribution in [3.8, 4) is 0 Å². The van der Waals surface area contributed by atoms with E-state index in [-0.39, 0.29) is 31.8 Å². The molecule has 0 rings (SSSR count). The second-order valence-electron chi connectivity index (χ2n) is 5.22. The predicted octanol–water partition coefficient (Wildman–Crippen LogP) is -1.93. The van der Waals surface area contributed by atoms with Gasteiger partial charge in [0, 0.05) is 13.0 Å². The van der Waals surface area contributed by atoms with Crippen LogP contribution in [0.4, 0.5) is 0 Å². The highest BCUT2D eigenvalue weighted by Gasteiger charge is 2.24. The van der Waals surface area contributed by atoms with Crippen LogP contribution in [0.2, 0.25) is 0 Å². The largest absolute Gasteiger partial charge is 0.481 e. The summed E-state index contributed by atoms with van der Waals surface area (Å²) in [6.45, 7) is 1.69. The van der Waals surface area contributed by atoms with Gasteiger partial charge in [0.25, 0.3) is 0 Å². The van der Waals surface area contributed by atoms with Crippen LogP contribution in [0.5, 0.6) is 0 Å². The molecule has 0 aliphatic carbocycles. The van der Waals surface area contributed by atoms with Gasteiger partial charge in [-0.05, 0) is 19.8 Å². The van der Waals surface area contributed by atoms with E-state index in [2.05, 4.69) is 20.4 Å². The van der Waals surface area contributed by atoms with E-state index in [1.807, 2.05) is 0 Å². The normalized spacial score (nSPS) is 12.4. The maximum atomic E-state index is 12.2. The first-order valence-corrected chi connectivity index (χ1v) is 7.62. The third-order valence-electron chi connectivity index (χ3n) is 3.08. The number of nitrogens with one attached hydrogen (secondary N) is 2. The van der Waals surface area contributed by atoms with E-state index >= 15 is 0 Å². The first-order chi connectivity index (χ1) is 11.7. The van der Waals surface area contributed by atoms with Gasteiger partial charge in [0.2, 0.25) is 11.8 Å². The number of carboxylic acid groups (broad SMARTS) is 1. The predicted molar refractivity (Wildman–Crippen MR) is 88.3 cm³/mol.